The van der Waals surface area contributed by atoms with Crippen molar-refractivity contribution >= 4 is 11.6 Å². The molecule has 1 amide bonds. The summed E-state index contributed by atoms with van der Waals surface area (Å²) in [6.45, 7) is 13.3. The highest BCUT2D eigenvalue weighted by Gasteiger charge is 2.33. The summed E-state index contributed by atoms with van der Waals surface area (Å²) >= 11 is 0. The molecule has 3 aromatic rings. The van der Waals surface area contributed by atoms with Gasteiger partial charge in [-0.05, 0) is 112 Å². The molecule has 3 aromatic carbocycles. The molecule has 41 heavy (non-hydrogen) atoms. The number of likely N-dealkylation sites (N-methyl/N-ethyl adjacent to an activating group) is 1. The van der Waals surface area contributed by atoms with E-state index in [1.54, 1.807) is 0 Å². The van der Waals surface area contributed by atoms with Crippen LogP contribution in [0.4, 0.5) is 5.69 Å². The topological polar surface area (TPSA) is 61.6 Å². The molecule has 0 radical (unpaired) electrons. The molecule has 0 aliphatic carbocycles. The van der Waals surface area contributed by atoms with Gasteiger partial charge in [-0.15, -0.1) is 0 Å². The number of aryl methyl sites for hydroxylation is 3. The van der Waals surface area contributed by atoms with Crippen molar-refractivity contribution in [3.63, 3.8) is 0 Å². The third kappa shape index (κ3) is 6.85. The Bertz CT molecular complexity index is 1320. The lowest BCUT2D eigenvalue weighted by Gasteiger charge is -2.39. The van der Waals surface area contributed by atoms with E-state index in [0.717, 1.165) is 39.0 Å². The molecule has 0 bridgehead atoms. The van der Waals surface area contributed by atoms with Crippen LogP contribution in [0.15, 0.2) is 54.6 Å². The van der Waals surface area contributed by atoms with Crippen molar-refractivity contribution in [1.29, 1.82) is 0 Å². The summed E-state index contributed by atoms with van der Waals surface area (Å²) < 4.78 is 0. The molecule has 0 spiro atoms. The van der Waals surface area contributed by atoms with E-state index in [2.05, 4.69) is 97.4 Å². The predicted molar refractivity (Wildman–Crippen MR) is 170 cm³/mol. The first-order chi connectivity index (χ1) is 19.8. The van der Waals surface area contributed by atoms with Crippen LogP contribution < -0.4 is 11.1 Å². The third-order valence-corrected chi connectivity index (χ3v) is 9.06. The number of benzene rings is 3. The lowest BCUT2D eigenvalue weighted by atomic mass is 9.88. The van der Waals surface area contributed by atoms with Crippen molar-refractivity contribution in [2.45, 2.75) is 84.8 Å². The first-order valence-corrected chi connectivity index (χ1v) is 15.6. The van der Waals surface area contributed by atoms with Crippen LogP contribution in [0.25, 0.3) is 0 Å². The van der Waals surface area contributed by atoms with Gasteiger partial charge in [0.15, 0.2) is 0 Å². The summed E-state index contributed by atoms with van der Waals surface area (Å²) in [4.78, 5) is 18.7. The number of piperidine rings is 1. The molecule has 1 saturated heterocycles. The number of carbonyl (C=O) groups excluding carboxylic acids is 1. The SMILES string of the molecule is CCN(C(=O)C(N)Cc1c(C)cc(C)cc1C)C1CCNc2c(CN3CCCCC3)cc(Cc3ccccc3)cc21. The first kappa shape index (κ1) is 29.3. The van der Waals surface area contributed by atoms with Gasteiger partial charge in [-0.1, -0.05) is 66.6 Å². The number of nitrogens with one attached hydrogen (secondary N) is 1. The molecule has 0 saturated carbocycles. The molecule has 2 unspecified atom stereocenters. The molecule has 3 N–H and O–H groups in total. The third-order valence-electron chi connectivity index (χ3n) is 9.06. The number of carbonyl (C=O) groups is 1. The van der Waals surface area contributed by atoms with Crippen LogP contribution in [0, 0.1) is 20.8 Å². The van der Waals surface area contributed by atoms with Crippen molar-refractivity contribution in [2.24, 2.45) is 5.73 Å². The van der Waals surface area contributed by atoms with Crippen LogP contribution in [0.3, 0.4) is 0 Å². The van der Waals surface area contributed by atoms with Crippen LogP contribution in [-0.2, 0) is 24.2 Å². The molecule has 2 aliphatic rings. The second-order valence-electron chi connectivity index (χ2n) is 12.3. The van der Waals surface area contributed by atoms with Crippen LogP contribution >= 0.6 is 0 Å². The fourth-order valence-electron chi connectivity index (χ4n) is 7.09. The molecule has 5 nitrogen and oxygen atoms in total. The molecule has 2 aliphatic heterocycles. The average molecular weight is 553 g/mol. The maximum absolute atomic E-state index is 14.0. The largest absolute Gasteiger partial charge is 0.384 e. The summed E-state index contributed by atoms with van der Waals surface area (Å²) in [5, 5.41) is 3.75. The number of amides is 1. The van der Waals surface area contributed by atoms with E-state index >= 15 is 0 Å². The van der Waals surface area contributed by atoms with Gasteiger partial charge in [0.1, 0.15) is 0 Å². The Labute approximate surface area is 247 Å². The summed E-state index contributed by atoms with van der Waals surface area (Å²) in [5.41, 5.74) is 18.0. The Morgan fingerprint density at radius 3 is 2.39 bits per heavy atom. The van der Waals surface area contributed by atoms with Crippen molar-refractivity contribution in [2.75, 3.05) is 31.5 Å². The van der Waals surface area contributed by atoms with Crippen LogP contribution in [0.1, 0.15) is 83.2 Å². The van der Waals surface area contributed by atoms with Gasteiger partial charge in [0.2, 0.25) is 5.91 Å². The molecular weight excluding hydrogens is 504 g/mol. The van der Waals surface area contributed by atoms with E-state index in [0.29, 0.717) is 13.0 Å². The summed E-state index contributed by atoms with van der Waals surface area (Å²) in [5.74, 6) is 0.0516. The van der Waals surface area contributed by atoms with Gasteiger partial charge in [0.05, 0.1) is 12.1 Å². The smallest absolute Gasteiger partial charge is 0.240 e. The number of likely N-dealkylation sites (tertiary alicyclic amines) is 1. The summed E-state index contributed by atoms with van der Waals surface area (Å²) in [7, 11) is 0. The average Bonchev–Trinajstić information content (AvgIpc) is 2.96. The van der Waals surface area contributed by atoms with Crippen molar-refractivity contribution in [1.82, 2.24) is 9.80 Å². The van der Waals surface area contributed by atoms with E-state index in [-0.39, 0.29) is 11.9 Å². The minimum atomic E-state index is -0.561. The maximum atomic E-state index is 14.0. The van der Waals surface area contributed by atoms with E-state index in [4.69, 9.17) is 5.73 Å². The Kier molecular flexibility index (Phi) is 9.46. The van der Waals surface area contributed by atoms with Gasteiger partial charge in [-0.2, -0.15) is 0 Å². The highest BCUT2D eigenvalue weighted by Crippen LogP contribution is 2.39. The zero-order valence-electron chi connectivity index (χ0n) is 25.5. The number of anilines is 1. The van der Waals surface area contributed by atoms with Gasteiger partial charge >= 0.3 is 0 Å². The standard InChI is InChI=1S/C36H48N4O/c1-5-40(36(41)33(37)23-31-26(3)18-25(2)19-27(31)4)34-14-15-38-35-30(24-39-16-10-7-11-17-39)21-29(22-32(34)35)20-28-12-8-6-9-13-28/h6,8-9,12-13,18-19,21-22,33-34,38H,5,7,10-11,14-17,20,23-24,37H2,1-4H3. The van der Waals surface area contributed by atoms with E-state index in [1.807, 2.05) is 0 Å². The zero-order valence-corrected chi connectivity index (χ0v) is 25.5. The second kappa shape index (κ2) is 13.2. The Morgan fingerprint density at radius 2 is 1.71 bits per heavy atom. The van der Waals surface area contributed by atoms with Crippen molar-refractivity contribution < 1.29 is 4.79 Å². The number of nitrogens with zero attached hydrogens (tertiary/aromatic N) is 2. The second-order valence-corrected chi connectivity index (χ2v) is 12.3. The van der Waals surface area contributed by atoms with Gasteiger partial charge in [0, 0.05) is 25.3 Å². The molecule has 2 atom stereocenters. The number of hydrogen-bond acceptors (Lipinski definition) is 4. The molecular formula is C36H48N4O. The van der Waals surface area contributed by atoms with E-state index in [9.17, 15) is 4.79 Å². The Balaban J connectivity index is 1.46. The number of fused-ring (bicyclic) bond motifs is 1. The fourth-order valence-corrected chi connectivity index (χ4v) is 7.09. The highest BCUT2D eigenvalue weighted by atomic mass is 16.2. The van der Waals surface area contributed by atoms with Gasteiger partial charge in [-0.25, -0.2) is 0 Å². The van der Waals surface area contributed by atoms with Gasteiger partial charge in [-0.3, -0.25) is 9.69 Å². The predicted octanol–water partition coefficient (Wildman–Crippen LogP) is 6.46. The minimum Gasteiger partial charge on any atom is -0.384 e. The zero-order chi connectivity index (χ0) is 28.9. The first-order valence-electron chi connectivity index (χ1n) is 15.6. The van der Waals surface area contributed by atoms with E-state index < -0.39 is 6.04 Å². The number of rotatable bonds is 9. The summed E-state index contributed by atoms with van der Waals surface area (Å²) in [6.07, 6.45) is 6.23. The Morgan fingerprint density at radius 1 is 1.00 bits per heavy atom. The summed E-state index contributed by atoms with van der Waals surface area (Å²) in [6, 6.07) is 19.3. The highest BCUT2D eigenvalue weighted by molar-refractivity contribution is 5.83. The van der Waals surface area contributed by atoms with Crippen molar-refractivity contribution in [3.8, 4) is 0 Å². The van der Waals surface area contributed by atoms with Gasteiger partial charge in [0.25, 0.3) is 0 Å². The molecule has 1 fully saturated rings. The number of hydrogen-bond donors (Lipinski definition) is 2. The maximum Gasteiger partial charge on any atom is 0.240 e. The Hall–Kier alpha value is -3.15. The molecule has 218 valence electrons. The van der Waals surface area contributed by atoms with E-state index in [1.165, 1.54) is 69.5 Å². The minimum absolute atomic E-state index is 0.0193. The normalized spacial score (nSPS) is 17.9. The van der Waals surface area contributed by atoms with Crippen LogP contribution in [-0.4, -0.2) is 47.9 Å². The lowest BCUT2D eigenvalue weighted by molar-refractivity contribution is -0.135. The lowest BCUT2D eigenvalue weighted by Crippen LogP contribution is -2.47. The molecule has 2 heterocycles. The van der Waals surface area contributed by atoms with Crippen LogP contribution in [0.5, 0.6) is 0 Å². The monoisotopic (exact) mass is 552 g/mol. The number of nitrogens with two attached hydrogens (primary N) is 1. The molecule has 0 aromatic heterocycles. The van der Waals surface area contributed by atoms with Crippen molar-refractivity contribution in [3.05, 3.63) is 99.1 Å². The van der Waals surface area contributed by atoms with Gasteiger partial charge < -0.3 is 16.0 Å². The quantitative estimate of drug-likeness (QED) is 0.320. The molecule has 5 rings (SSSR count). The fraction of sp³-hybridized carbons (Fsp3) is 0.472. The van der Waals surface area contributed by atoms with Crippen LogP contribution in [0.2, 0.25) is 0 Å². The molecule has 5 heteroatoms.